The van der Waals surface area contributed by atoms with Gasteiger partial charge >= 0.3 is 5.97 Å². The van der Waals surface area contributed by atoms with E-state index in [1.807, 2.05) is 0 Å². The third-order valence-electron chi connectivity index (χ3n) is 14.4. The average molecular weight is 697 g/mol. The maximum atomic E-state index is 12.5. The van der Waals surface area contributed by atoms with Crippen LogP contribution in [0, 0.1) is 34.5 Å². The van der Waals surface area contributed by atoms with Crippen LogP contribution in [0.25, 0.3) is 0 Å². The van der Waals surface area contributed by atoms with Crippen LogP contribution in [0.2, 0.25) is 0 Å². The fourth-order valence-electron chi connectivity index (χ4n) is 11.5. The summed E-state index contributed by atoms with van der Waals surface area (Å²) < 4.78 is 34.2. The topological polar surface area (TPSA) is 194 Å². The minimum atomic E-state index is -1.54. The van der Waals surface area contributed by atoms with Gasteiger partial charge in [0.1, 0.15) is 49.3 Å². The van der Waals surface area contributed by atoms with E-state index in [4.69, 9.17) is 28.4 Å². The van der Waals surface area contributed by atoms with Gasteiger partial charge in [0.15, 0.2) is 12.6 Å². The summed E-state index contributed by atoms with van der Waals surface area (Å²) >= 11 is 0. The number of hydrogen-bond donors (Lipinski definition) is 6. The lowest BCUT2D eigenvalue weighted by molar-refractivity contribution is -0.337. The Labute approximate surface area is 287 Å². The Morgan fingerprint density at radius 1 is 0.857 bits per heavy atom. The Morgan fingerprint density at radius 2 is 1.63 bits per heavy atom. The number of rotatable bonds is 7. The lowest BCUT2D eigenvalue weighted by Gasteiger charge is -2.64. The van der Waals surface area contributed by atoms with Crippen LogP contribution in [0.5, 0.6) is 0 Å². The predicted molar refractivity (Wildman–Crippen MR) is 170 cm³/mol. The molecule has 7 rings (SSSR count). The summed E-state index contributed by atoms with van der Waals surface area (Å²) in [7, 11) is 1.37. The number of aliphatic hydroxyl groups excluding tert-OH is 5. The molecule has 0 aromatic rings. The van der Waals surface area contributed by atoms with Crippen molar-refractivity contribution in [2.45, 2.75) is 152 Å². The van der Waals surface area contributed by atoms with E-state index in [2.05, 4.69) is 13.8 Å². The average Bonchev–Trinajstić information content (AvgIpc) is 3.62. The fraction of sp³-hybridized carbons (Fsp3) is 0.917. The van der Waals surface area contributed by atoms with Gasteiger partial charge in [0.25, 0.3) is 0 Å². The van der Waals surface area contributed by atoms with E-state index < -0.39 is 67.0 Å². The zero-order valence-corrected chi connectivity index (χ0v) is 29.1. The second-order valence-corrected chi connectivity index (χ2v) is 16.6. The van der Waals surface area contributed by atoms with Crippen LogP contribution in [0.4, 0.5) is 0 Å². The summed E-state index contributed by atoms with van der Waals surface area (Å²) in [5, 5.41) is 65.7. The maximum Gasteiger partial charge on any atom is 0.331 e. The Kier molecular flexibility index (Phi) is 9.82. The molecule has 18 atom stereocenters. The molecule has 0 radical (unpaired) electrons. The number of aliphatic hydroxyl groups is 6. The van der Waals surface area contributed by atoms with Crippen LogP contribution in [0.15, 0.2) is 11.6 Å². The Bertz CT molecular complexity index is 1260. The number of carbonyl (C=O) groups is 1. The van der Waals surface area contributed by atoms with E-state index in [1.54, 1.807) is 13.0 Å². The zero-order chi connectivity index (χ0) is 35.0. The quantitative estimate of drug-likeness (QED) is 0.163. The molecule has 4 saturated carbocycles. The number of hydrogen-bond acceptors (Lipinski definition) is 13. The van der Waals surface area contributed by atoms with Gasteiger partial charge in [-0.1, -0.05) is 13.8 Å². The zero-order valence-electron chi connectivity index (χ0n) is 29.1. The molecule has 13 heteroatoms. The molecule has 7 aliphatic rings. The second kappa shape index (κ2) is 13.3. The lowest BCUT2D eigenvalue weighted by Crippen LogP contribution is -2.63. The molecule has 6 fully saturated rings. The lowest BCUT2D eigenvalue weighted by atomic mass is 9.43. The van der Waals surface area contributed by atoms with Crippen LogP contribution in [-0.2, 0) is 33.2 Å². The molecule has 3 aliphatic heterocycles. The van der Waals surface area contributed by atoms with Crippen molar-refractivity contribution in [3.63, 3.8) is 0 Å². The number of esters is 1. The van der Waals surface area contributed by atoms with Crippen molar-refractivity contribution in [1.29, 1.82) is 0 Å². The smallest absolute Gasteiger partial charge is 0.331 e. The highest BCUT2D eigenvalue weighted by Gasteiger charge is 2.68. The van der Waals surface area contributed by atoms with Crippen molar-refractivity contribution in [2.24, 2.45) is 34.5 Å². The predicted octanol–water partition coefficient (Wildman–Crippen LogP) is 0.934. The highest BCUT2D eigenvalue weighted by molar-refractivity contribution is 5.85. The summed E-state index contributed by atoms with van der Waals surface area (Å²) in [6.07, 6.45) is -2.69. The molecule has 2 saturated heterocycles. The molecule has 3 heterocycles. The number of carbonyl (C=O) groups excluding carboxylic acids is 1. The Hall–Kier alpha value is -1.23. The van der Waals surface area contributed by atoms with Crippen LogP contribution in [-0.4, -0.2) is 130 Å². The summed E-state index contributed by atoms with van der Waals surface area (Å²) in [6, 6.07) is 0. The van der Waals surface area contributed by atoms with Gasteiger partial charge in [0.2, 0.25) is 0 Å². The van der Waals surface area contributed by atoms with Gasteiger partial charge < -0.3 is 59.1 Å². The molecule has 0 amide bonds. The molecule has 0 aromatic heterocycles. The van der Waals surface area contributed by atoms with Gasteiger partial charge in [-0.3, -0.25) is 0 Å². The van der Waals surface area contributed by atoms with E-state index in [0.29, 0.717) is 18.4 Å². The molecular weight excluding hydrogens is 640 g/mol. The third-order valence-corrected chi connectivity index (χ3v) is 14.4. The fourth-order valence-corrected chi connectivity index (χ4v) is 11.5. The van der Waals surface area contributed by atoms with Crippen molar-refractivity contribution in [3.8, 4) is 0 Å². The largest absolute Gasteiger partial charge is 0.458 e. The molecule has 0 aromatic carbocycles. The van der Waals surface area contributed by atoms with Crippen molar-refractivity contribution in [1.82, 2.24) is 0 Å². The van der Waals surface area contributed by atoms with Gasteiger partial charge in [0, 0.05) is 18.6 Å². The number of cyclic esters (lactones) is 1. The van der Waals surface area contributed by atoms with E-state index in [9.17, 15) is 35.4 Å². The van der Waals surface area contributed by atoms with Crippen molar-refractivity contribution < 1.29 is 63.9 Å². The summed E-state index contributed by atoms with van der Waals surface area (Å²) in [6.45, 7) is 6.30. The molecule has 4 aliphatic carbocycles. The van der Waals surface area contributed by atoms with Crippen molar-refractivity contribution in [2.75, 3.05) is 20.3 Å². The molecule has 278 valence electrons. The summed E-state index contributed by atoms with van der Waals surface area (Å²) in [4.78, 5) is 11.9. The molecular formula is C36H56O13. The Morgan fingerprint density at radius 3 is 2.35 bits per heavy atom. The van der Waals surface area contributed by atoms with Crippen molar-refractivity contribution in [3.05, 3.63) is 11.6 Å². The van der Waals surface area contributed by atoms with E-state index in [-0.39, 0.29) is 41.3 Å². The standard InChI is InChI=1S/C36H56O13/c1-17-26(38)31(44-4)30(42)32(47-17)46-16-24-27(39)28(40)29(41)33(49-24)48-20-7-10-34(2)19(14-20)5-6-23-22(34)8-11-35(3)21(9-12-36(23,35)43)18-13-25(37)45-15-18/h13,17,19-24,26-33,38-43H,5-12,14-16H2,1-4H3/t17-,19-,20-,21-,22+,23-,24-,26+,27-,28+,29-,30+,31+,32+,33-,34+,35-,36-/m0/s1. The van der Waals surface area contributed by atoms with Gasteiger partial charge in [-0.15, -0.1) is 0 Å². The molecule has 0 bridgehead atoms. The molecule has 0 unspecified atom stereocenters. The van der Waals surface area contributed by atoms with Crippen LogP contribution >= 0.6 is 0 Å². The first-order valence-corrected chi connectivity index (χ1v) is 18.3. The van der Waals surface area contributed by atoms with Gasteiger partial charge in [0.05, 0.1) is 24.4 Å². The number of fused-ring (bicyclic) bond motifs is 5. The summed E-state index contributed by atoms with van der Waals surface area (Å²) in [5.41, 5.74) is -0.0206. The number of methoxy groups -OCH3 is 1. The maximum absolute atomic E-state index is 12.5. The van der Waals surface area contributed by atoms with Gasteiger partial charge in [-0.2, -0.15) is 0 Å². The first-order chi connectivity index (χ1) is 23.2. The van der Waals surface area contributed by atoms with Gasteiger partial charge in [-0.25, -0.2) is 4.79 Å². The first kappa shape index (κ1) is 36.1. The second-order valence-electron chi connectivity index (χ2n) is 16.6. The molecule has 6 N–H and O–H groups in total. The molecule has 13 nitrogen and oxygen atoms in total. The highest BCUT2D eigenvalue weighted by Crippen LogP contribution is 2.70. The highest BCUT2D eigenvalue weighted by atomic mass is 16.7. The van der Waals surface area contributed by atoms with Gasteiger partial charge in [-0.05, 0) is 99.4 Å². The van der Waals surface area contributed by atoms with Crippen LogP contribution < -0.4 is 0 Å². The van der Waals surface area contributed by atoms with Crippen LogP contribution in [0.3, 0.4) is 0 Å². The van der Waals surface area contributed by atoms with E-state index >= 15 is 0 Å². The first-order valence-electron chi connectivity index (χ1n) is 18.3. The van der Waals surface area contributed by atoms with Crippen molar-refractivity contribution >= 4 is 5.97 Å². The third kappa shape index (κ3) is 5.83. The van der Waals surface area contributed by atoms with E-state index in [1.165, 1.54) is 7.11 Å². The minimum absolute atomic E-state index is 0.0212. The normalized spacial score (nSPS) is 54.4. The SMILES string of the molecule is CO[C@H]1[C@@H](O)[C@H](OC[C@@H]2O[C@H](O[C@H]3CC[C@]4(C)[C@@H](CC[C@H]5[C@H]4CC[C@@]4(C)[C@H](C6=CC(=O)OC6)CC[C@]54O)C3)[C@@H](O)[C@H](O)[C@H]2O)O[C@@H](C)[C@H]1O. The van der Waals surface area contributed by atoms with Crippen LogP contribution in [0.1, 0.15) is 78.6 Å². The van der Waals surface area contributed by atoms with E-state index in [0.717, 1.165) is 63.4 Å². The molecule has 49 heavy (non-hydrogen) atoms. The summed E-state index contributed by atoms with van der Waals surface area (Å²) in [5.74, 6) is 0.789. The Balaban J connectivity index is 0.982. The number of ether oxygens (including phenoxy) is 6. The molecule has 0 spiro atoms. The minimum Gasteiger partial charge on any atom is -0.458 e. The monoisotopic (exact) mass is 696 g/mol.